The topological polar surface area (TPSA) is 118 Å². The molecule has 1 aliphatic rings. The van der Waals surface area contributed by atoms with E-state index in [9.17, 15) is 4.79 Å². The minimum absolute atomic E-state index is 0.0581. The monoisotopic (exact) mass is 543 g/mol. The molecule has 1 saturated carbocycles. The van der Waals surface area contributed by atoms with Crippen molar-refractivity contribution in [2.75, 3.05) is 14.2 Å². The van der Waals surface area contributed by atoms with Gasteiger partial charge >= 0.3 is 0 Å². The van der Waals surface area contributed by atoms with Gasteiger partial charge in [-0.15, -0.1) is 0 Å². The van der Waals surface area contributed by atoms with Crippen molar-refractivity contribution in [1.29, 1.82) is 0 Å². The van der Waals surface area contributed by atoms with Gasteiger partial charge in [-0.25, -0.2) is 9.98 Å². The Morgan fingerprint density at radius 1 is 1.10 bits per heavy atom. The lowest BCUT2D eigenvalue weighted by atomic mass is 9.94. The van der Waals surface area contributed by atoms with Crippen molar-refractivity contribution in [2.45, 2.75) is 70.7 Å². The maximum atomic E-state index is 14.0. The summed E-state index contributed by atoms with van der Waals surface area (Å²) in [5, 5.41) is 0. The van der Waals surface area contributed by atoms with Crippen LogP contribution < -0.4 is 17.0 Å². The van der Waals surface area contributed by atoms with Crippen molar-refractivity contribution >= 4 is 11.9 Å². The summed E-state index contributed by atoms with van der Waals surface area (Å²) in [5.74, 6) is 1.00. The zero-order valence-corrected chi connectivity index (χ0v) is 23.8. The number of nitrogens with zero attached hydrogens (tertiary/aromatic N) is 3. The number of aliphatic imine (C=N–C) groups is 1. The lowest BCUT2D eigenvalue weighted by molar-refractivity contribution is -0.0945. The Morgan fingerprint density at radius 3 is 2.45 bits per heavy atom. The predicted molar refractivity (Wildman–Crippen MR) is 161 cm³/mol. The molecule has 4 N–H and O–H groups in total. The molecule has 0 unspecified atom stereocenters. The Labute approximate surface area is 236 Å². The van der Waals surface area contributed by atoms with Crippen LogP contribution in [0.3, 0.4) is 0 Å². The SMILES string of the molecule is CCCc1nc(C=CN)n(C2CCCCC2)c(=O)c1Cc1ccc(-c2ccccc2C(N)=NC(OC)OC)cc1. The Balaban J connectivity index is 1.69. The summed E-state index contributed by atoms with van der Waals surface area (Å²) in [6.07, 6.45) is 10.1. The number of hydrogen-bond acceptors (Lipinski definition) is 6. The molecule has 0 amide bonds. The zero-order chi connectivity index (χ0) is 28.5. The van der Waals surface area contributed by atoms with E-state index in [2.05, 4.69) is 36.2 Å². The zero-order valence-electron chi connectivity index (χ0n) is 23.8. The van der Waals surface area contributed by atoms with Crippen molar-refractivity contribution in [3.8, 4) is 11.1 Å². The van der Waals surface area contributed by atoms with Crippen molar-refractivity contribution in [3.05, 3.63) is 93.3 Å². The molecule has 0 radical (unpaired) electrons. The van der Waals surface area contributed by atoms with Crippen LogP contribution in [0.1, 0.15) is 79.7 Å². The molecule has 1 aliphatic carbocycles. The molecule has 1 fully saturated rings. The lowest BCUT2D eigenvalue weighted by Crippen LogP contribution is -2.33. The highest BCUT2D eigenvalue weighted by Crippen LogP contribution is 2.29. The van der Waals surface area contributed by atoms with Gasteiger partial charge in [-0.3, -0.25) is 9.36 Å². The molecular weight excluding hydrogens is 502 g/mol. The molecule has 0 spiro atoms. The van der Waals surface area contributed by atoms with Crippen LogP contribution in [0.4, 0.5) is 0 Å². The number of benzene rings is 2. The van der Waals surface area contributed by atoms with Gasteiger partial charge in [0.05, 0.1) is 5.69 Å². The molecule has 8 heteroatoms. The van der Waals surface area contributed by atoms with Crippen molar-refractivity contribution in [1.82, 2.24) is 9.55 Å². The van der Waals surface area contributed by atoms with E-state index in [4.69, 9.17) is 25.9 Å². The summed E-state index contributed by atoms with van der Waals surface area (Å²) in [6, 6.07) is 16.3. The number of amidine groups is 1. The maximum Gasteiger partial charge on any atom is 0.259 e. The second kappa shape index (κ2) is 14.1. The smallest absolute Gasteiger partial charge is 0.259 e. The Bertz CT molecular complexity index is 1380. The van der Waals surface area contributed by atoms with Crippen LogP contribution in [0.2, 0.25) is 0 Å². The van der Waals surface area contributed by atoms with Gasteiger partial charge in [-0.1, -0.05) is 81.1 Å². The first-order valence-electron chi connectivity index (χ1n) is 14.1. The van der Waals surface area contributed by atoms with Crippen LogP contribution in [0.25, 0.3) is 17.2 Å². The van der Waals surface area contributed by atoms with Crippen LogP contribution in [-0.2, 0) is 22.3 Å². The van der Waals surface area contributed by atoms with E-state index >= 15 is 0 Å². The standard InChI is InChI=1S/C32H41N5O3/c1-4-10-28-27(31(38)37(29(35-28)19-20-33)24-11-6-5-7-12-24)21-22-15-17-23(18-16-22)25-13-8-9-14-26(25)30(34)36-32(39-2)40-3/h8-9,13-20,24,32H,4-7,10-12,21,33H2,1-3H3,(H2,34,36). The molecule has 40 heavy (non-hydrogen) atoms. The highest BCUT2D eigenvalue weighted by atomic mass is 16.7. The summed E-state index contributed by atoms with van der Waals surface area (Å²) in [5.41, 5.74) is 17.6. The Kier molecular flexibility index (Phi) is 10.3. The Morgan fingerprint density at radius 2 is 1.80 bits per heavy atom. The van der Waals surface area contributed by atoms with Crippen molar-refractivity contribution in [3.63, 3.8) is 0 Å². The number of nitrogens with two attached hydrogens (primary N) is 2. The van der Waals surface area contributed by atoms with Gasteiger partial charge in [-0.05, 0) is 48.2 Å². The average molecular weight is 544 g/mol. The molecule has 212 valence electrons. The summed E-state index contributed by atoms with van der Waals surface area (Å²) < 4.78 is 12.3. The molecule has 1 heterocycles. The molecule has 4 rings (SSSR count). The quantitative estimate of drug-likeness (QED) is 0.196. The molecule has 3 aromatic rings. The number of rotatable bonds is 11. The summed E-state index contributed by atoms with van der Waals surface area (Å²) in [4.78, 5) is 23.3. The molecule has 2 aromatic carbocycles. The first-order valence-corrected chi connectivity index (χ1v) is 14.1. The van der Waals surface area contributed by atoms with Gasteiger partial charge in [0.2, 0.25) is 0 Å². The maximum absolute atomic E-state index is 14.0. The van der Waals surface area contributed by atoms with Gasteiger partial charge in [-0.2, -0.15) is 0 Å². The van der Waals surface area contributed by atoms with Crippen LogP contribution in [0, 0.1) is 0 Å². The number of methoxy groups -OCH3 is 2. The third kappa shape index (κ3) is 6.69. The Hall–Kier alpha value is -3.75. The molecule has 1 aromatic heterocycles. The molecule has 0 saturated heterocycles. The molecule has 0 bridgehead atoms. The van der Waals surface area contributed by atoms with Crippen LogP contribution >= 0.6 is 0 Å². The number of hydrogen-bond donors (Lipinski definition) is 2. The highest BCUT2D eigenvalue weighted by molar-refractivity contribution is 6.03. The van der Waals surface area contributed by atoms with E-state index in [1.807, 2.05) is 28.8 Å². The summed E-state index contributed by atoms with van der Waals surface area (Å²) in [7, 11) is 3.03. The fraction of sp³-hybridized carbons (Fsp3) is 0.406. The van der Waals surface area contributed by atoms with Crippen LogP contribution in [-0.4, -0.2) is 36.0 Å². The van der Waals surface area contributed by atoms with E-state index < -0.39 is 6.41 Å². The fourth-order valence-corrected chi connectivity index (χ4v) is 5.50. The van der Waals surface area contributed by atoms with E-state index in [1.54, 1.807) is 6.08 Å². The first-order chi connectivity index (χ1) is 19.5. The molecular formula is C32H41N5O3. The van der Waals surface area contributed by atoms with Gasteiger partial charge in [0.15, 0.2) is 0 Å². The minimum atomic E-state index is -0.772. The second-order valence-electron chi connectivity index (χ2n) is 10.2. The number of ether oxygens (including phenoxy) is 2. The van der Waals surface area contributed by atoms with E-state index in [1.165, 1.54) is 26.8 Å². The lowest BCUT2D eigenvalue weighted by Gasteiger charge is -2.27. The fourth-order valence-electron chi connectivity index (χ4n) is 5.50. The van der Waals surface area contributed by atoms with Crippen LogP contribution in [0.15, 0.2) is 64.5 Å². The van der Waals surface area contributed by atoms with Crippen LogP contribution in [0.5, 0.6) is 0 Å². The normalized spacial score (nSPS) is 14.8. The third-order valence-electron chi connectivity index (χ3n) is 7.49. The predicted octanol–water partition coefficient (Wildman–Crippen LogP) is 5.17. The van der Waals surface area contributed by atoms with Crippen molar-refractivity contribution in [2.24, 2.45) is 16.5 Å². The minimum Gasteiger partial charge on any atom is -0.404 e. The number of aryl methyl sites for hydroxylation is 1. The van der Waals surface area contributed by atoms with Gasteiger partial charge < -0.3 is 20.9 Å². The van der Waals surface area contributed by atoms with Crippen molar-refractivity contribution < 1.29 is 9.47 Å². The first kappa shape index (κ1) is 29.2. The van der Waals surface area contributed by atoms with Gasteiger partial charge in [0.1, 0.15) is 11.7 Å². The third-order valence-corrected chi connectivity index (χ3v) is 7.49. The number of aromatic nitrogens is 2. The van der Waals surface area contributed by atoms with Gasteiger partial charge in [0, 0.05) is 37.8 Å². The van der Waals surface area contributed by atoms with E-state index in [0.717, 1.165) is 72.0 Å². The molecule has 8 nitrogen and oxygen atoms in total. The molecule has 0 aliphatic heterocycles. The summed E-state index contributed by atoms with van der Waals surface area (Å²) >= 11 is 0. The average Bonchev–Trinajstić information content (AvgIpc) is 2.99. The molecule has 0 atom stereocenters. The second-order valence-corrected chi connectivity index (χ2v) is 10.2. The van der Waals surface area contributed by atoms with E-state index in [-0.39, 0.29) is 11.6 Å². The van der Waals surface area contributed by atoms with Gasteiger partial charge in [0.25, 0.3) is 12.0 Å². The summed E-state index contributed by atoms with van der Waals surface area (Å²) in [6.45, 7) is 2.11. The largest absolute Gasteiger partial charge is 0.404 e. The highest BCUT2D eigenvalue weighted by Gasteiger charge is 2.23. The van der Waals surface area contributed by atoms with E-state index in [0.29, 0.717) is 18.1 Å².